The maximum Gasteiger partial charge on any atom is 0.410 e. The Hall–Kier alpha value is -4.87. The third-order valence-corrected chi connectivity index (χ3v) is 21.2. The van der Waals surface area contributed by atoms with Gasteiger partial charge in [0.1, 0.15) is 60.8 Å². The van der Waals surface area contributed by atoms with E-state index in [1.165, 1.54) is 6.07 Å². The van der Waals surface area contributed by atoms with E-state index in [9.17, 15) is 4.79 Å². The summed E-state index contributed by atoms with van der Waals surface area (Å²) in [5, 5.41) is 1.40. The summed E-state index contributed by atoms with van der Waals surface area (Å²) in [5.41, 5.74) is 4.47. The summed E-state index contributed by atoms with van der Waals surface area (Å²) < 4.78 is 68.6. The van der Waals surface area contributed by atoms with E-state index >= 15 is 13.2 Å². The van der Waals surface area contributed by atoms with E-state index in [0.29, 0.717) is 58.3 Å². The van der Waals surface area contributed by atoms with Crippen molar-refractivity contribution >= 4 is 41.7 Å². The molecule has 14 heteroatoms. The number of anilines is 1. The molecular formula is C50H61F3N6O4Si. The summed E-state index contributed by atoms with van der Waals surface area (Å²) in [7, 11) is -2.31. The first-order valence-electron chi connectivity index (χ1n) is 23.1. The Morgan fingerprint density at radius 2 is 1.75 bits per heavy atom. The lowest BCUT2D eigenvalue weighted by molar-refractivity contribution is 0.000934. The van der Waals surface area contributed by atoms with Crippen LogP contribution in [0.1, 0.15) is 100 Å². The molecule has 1 amide bonds. The second kappa shape index (κ2) is 15.9. The summed E-state index contributed by atoms with van der Waals surface area (Å²) >= 11 is 0. The summed E-state index contributed by atoms with van der Waals surface area (Å²) in [6.07, 6.45) is 0.406. The SMILES string of the molecule is C=C1CCN2C[C@H](F)C[C@]12COc1nc2c3c(nc(-c4cccc5ccc(F)c(C#C[Si](C(C)C)(C(C)C)C(C)C)c45)c(F)c3n1)O[C@@H](C)[C@@H]1[C@@H]3CC[C@H](CN21)N3C(=O)OC(C)(C)C. The van der Waals surface area contributed by atoms with Crippen LogP contribution < -0.4 is 14.4 Å². The van der Waals surface area contributed by atoms with Crippen molar-refractivity contribution in [1.29, 1.82) is 0 Å². The predicted molar refractivity (Wildman–Crippen MR) is 247 cm³/mol. The molecule has 5 aliphatic rings. The zero-order valence-electron chi connectivity index (χ0n) is 38.8. The van der Waals surface area contributed by atoms with E-state index in [0.717, 1.165) is 18.4 Å². The van der Waals surface area contributed by atoms with E-state index in [2.05, 4.69) is 69.4 Å². The first kappa shape index (κ1) is 44.3. The number of pyridine rings is 1. The van der Waals surface area contributed by atoms with Crippen LogP contribution in [0.25, 0.3) is 32.9 Å². The van der Waals surface area contributed by atoms with E-state index in [-0.39, 0.29) is 65.7 Å². The third-order valence-electron chi connectivity index (χ3n) is 15.0. The van der Waals surface area contributed by atoms with Crippen LogP contribution in [0, 0.1) is 23.1 Å². The van der Waals surface area contributed by atoms with Gasteiger partial charge in [0.2, 0.25) is 5.88 Å². The molecule has 0 spiro atoms. The minimum atomic E-state index is -2.31. The molecule has 0 unspecified atom stereocenters. The third kappa shape index (κ3) is 7.02. The lowest BCUT2D eigenvalue weighted by atomic mass is 9.90. The minimum absolute atomic E-state index is 0.0379. The Morgan fingerprint density at radius 3 is 2.45 bits per heavy atom. The summed E-state index contributed by atoms with van der Waals surface area (Å²) in [4.78, 5) is 34.6. The van der Waals surface area contributed by atoms with Crippen LogP contribution in [0.15, 0.2) is 42.5 Å². The zero-order chi connectivity index (χ0) is 45.8. The van der Waals surface area contributed by atoms with Gasteiger partial charge < -0.3 is 19.1 Å². The lowest BCUT2D eigenvalue weighted by Crippen LogP contribution is -2.65. The number of amides is 1. The fraction of sp³-hybridized carbons (Fsp3) is 0.560. The molecule has 4 aromatic rings. The van der Waals surface area contributed by atoms with Crippen molar-refractivity contribution in [1.82, 2.24) is 24.8 Å². The molecule has 2 aromatic carbocycles. The molecule has 9 rings (SSSR count). The Labute approximate surface area is 375 Å². The van der Waals surface area contributed by atoms with Gasteiger partial charge in [0.25, 0.3) is 0 Å². The number of rotatable bonds is 7. The van der Waals surface area contributed by atoms with E-state index in [1.54, 1.807) is 18.2 Å². The van der Waals surface area contributed by atoms with Crippen molar-refractivity contribution in [2.24, 2.45) is 0 Å². The monoisotopic (exact) mass is 894 g/mol. The van der Waals surface area contributed by atoms with Gasteiger partial charge in [-0.25, -0.2) is 22.9 Å². The standard InChI is InChI=1S/C50H61F3N6O4Si/c1-27(2)64(28(3)4,29(5)6)22-20-35-37(52)17-15-32-13-12-14-36(39(32)35)42-41(53)43-40-45(56-47(55-43)61-26-50-23-33(51)24-57(50)21-19-30(50)7)58-25-34-16-18-38(44(58)31(8)62-46(40)54-42)59(34)48(60)63-49(9,10)11/h12-15,17,27-29,31,33-34,38,44H,7,16,18-19,21,23-26H2,1-6,8-11H3/t31-,33+,34+,38-,44+,50-/m0/s1. The highest BCUT2D eigenvalue weighted by Crippen LogP contribution is 2.49. The summed E-state index contributed by atoms with van der Waals surface area (Å²) in [6.45, 7) is 26.4. The summed E-state index contributed by atoms with van der Waals surface area (Å²) in [5.74, 6) is 2.60. The second-order valence-corrected chi connectivity index (χ2v) is 26.3. The highest BCUT2D eigenvalue weighted by atomic mass is 28.3. The normalized spacial score (nSPS) is 25.5. The van der Waals surface area contributed by atoms with Crippen LogP contribution in [0.3, 0.4) is 0 Å². The Balaban J connectivity index is 1.24. The number of hydrogen-bond acceptors (Lipinski definition) is 9. The predicted octanol–water partition coefficient (Wildman–Crippen LogP) is 10.6. The van der Waals surface area contributed by atoms with Crippen LogP contribution >= 0.6 is 0 Å². The molecule has 7 heterocycles. The van der Waals surface area contributed by atoms with Gasteiger partial charge in [0, 0.05) is 37.0 Å². The molecule has 10 nitrogen and oxygen atoms in total. The number of ether oxygens (including phenoxy) is 3. The molecule has 0 saturated carbocycles. The molecule has 0 N–H and O–H groups in total. The van der Waals surface area contributed by atoms with Crippen molar-refractivity contribution in [3.8, 4) is 34.6 Å². The topological polar surface area (TPSA) is 93.2 Å². The number of hydrogen-bond donors (Lipinski definition) is 0. The number of piperazine rings is 1. The number of aromatic nitrogens is 3. The molecule has 5 aliphatic heterocycles. The van der Waals surface area contributed by atoms with Crippen LogP contribution in [0.2, 0.25) is 16.6 Å². The number of halogens is 3. The summed E-state index contributed by atoms with van der Waals surface area (Å²) in [6, 6.07) is 7.49. The molecular weight excluding hydrogens is 834 g/mol. The minimum Gasteiger partial charge on any atom is -0.472 e. The van der Waals surface area contributed by atoms with E-state index in [1.807, 2.05) is 38.7 Å². The molecule has 340 valence electrons. The van der Waals surface area contributed by atoms with Crippen molar-refractivity contribution in [3.63, 3.8) is 0 Å². The Bertz CT molecular complexity index is 2600. The highest BCUT2D eigenvalue weighted by Gasteiger charge is 2.55. The maximum absolute atomic E-state index is 18.0. The van der Waals surface area contributed by atoms with Crippen molar-refractivity contribution in [3.05, 3.63) is 59.7 Å². The second-order valence-electron chi connectivity index (χ2n) is 20.7. The zero-order valence-corrected chi connectivity index (χ0v) is 39.8. The van der Waals surface area contributed by atoms with Crippen LogP contribution in [-0.2, 0) is 4.74 Å². The van der Waals surface area contributed by atoms with Gasteiger partial charge in [0.15, 0.2) is 5.82 Å². The van der Waals surface area contributed by atoms with E-state index in [4.69, 9.17) is 29.2 Å². The number of alkyl halides is 1. The number of nitrogens with zero attached hydrogens (tertiary/aromatic N) is 6. The smallest absolute Gasteiger partial charge is 0.410 e. The fourth-order valence-corrected chi connectivity index (χ4v) is 17.3. The van der Waals surface area contributed by atoms with Gasteiger partial charge in [-0.1, -0.05) is 83.9 Å². The average molecular weight is 895 g/mol. The van der Waals surface area contributed by atoms with Gasteiger partial charge in [-0.15, -0.1) is 5.54 Å². The first-order chi connectivity index (χ1) is 30.3. The van der Waals surface area contributed by atoms with Crippen LogP contribution in [-0.4, -0.2) is 107 Å². The van der Waals surface area contributed by atoms with Gasteiger partial charge in [0.05, 0.1) is 29.2 Å². The molecule has 6 atom stereocenters. The number of carbonyl (C=O) groups is 1. The largest absolute Gasteiger partial charge is 0.472 e. The van der Waals surface area contributed by atoms with Gasteiger partial charge in [-0.2, -0.15) is 9.97 Å². The van der Waals surface area contributed by atoms with Crippen molar-refractivity contribution < 1.29 is 32.2 Å². The molecule has 4 saturated heterocycles. The van der Waals surface area contributed by atoms with Gasteiger partial charge in [-0.3, -0.25) is 9.80 Å². The molecule has 0 radical (unpaired) electrons. The highest BCUT2D eigenvalue weighted by molar-refractivity contribution is 6.90. The quantitative estimate of drug-likeness (QED) is 0.102. The van der Waals surface area contributed by atoms with Crippen LogP contribution in [0.5, 0.6) is 11.9 Å². The van der Waals surface area contributed by atoms with Crippen molar-refractivity contribution in [2.75, 3.05) is 31.1 Å². The molecule has 2 bridgehead atoms. The van der Waals surface area contributed by atoms with Gasteiger partial charge in [-0.05, 0) is 75.0 Å². The fourth-order valence-electron chi connectivity index (χ4n) is 12.1. The van der Waals surface area contributed by atoms with Crippen LogP contribution in [0.4, 0.5) is 23.8 Å². The molecule has 0 aliphatic carbocycles. The number of carbonyl (C=O) groups excluding carboxylic acids is 1. The number of fused-ring (bicyclic) bond motifs is 7. The lowest BCUT2D eigenvalue weighted by Gasteiger charge is -2.48. The molecule has 2 aromatic heterocycles. The maximum atomic E-state index is 18.0. The Morgan fingerprint density at radius 1 is 1.02 bits per heavy atom. The molecule has 64 heavy (non-hydrogen) atoms. The first-order valence-corrected chi connectivity index (χ1v) is 25.3. The number of benzene rings is 2. The van der Waals surface area contributed by atoms with Gasteiger partial charge >= 0.3 is 12.1 Å². The average Bonchev–Trinajstić information content (AvgIpc) is 3.80. The molecule has 4 fully saturated rings. The van der Waals surface area contributed by atoms with Crippen molar-refractivity contribution in [2.45, 2.75) is 153 Å². The Kier molecular flexibility index (Phi) is 11.0. The van der Waals surface area contributed by atoms with E-state index < -0.39 is 55.3 Å².